The Morgan fingerprint density at radius 3 is 2.88 bits per heavy atom. The number of hydrogen-bond acceptors (Lipinski definition) is 4. The van der Waals surface area contributed by atoms with E-state index in [-0.39, 0.29) is 5.91 Å². The number of halogens is 2. The molecule has 1 saturated heterocycles. The SMILES string of the molecule is N#Cc1cccnc1N1CCC(CNC(=O)c2cc(Br)ccc2Cl)CC1. The Bertz CT molecular complexity index is 844. The van der Waals surface area contributed by atoms with Crippen LogP contribution in [0.25, 0.3) is 0 Å². The van der Waals surface area contributed by atoms with E-state index in [2.05, 4.69) is 37.2 Å². The van der Waals surface area contributed by atoms with Crippen LogP contribution in [0.5, 0.6) is 0 Å². The van der Waals surface area contributed by atoms with Crippen LogP contribution >= 0.6 is 27.5 Å². The molecule has 0 bridgehead atoms. The Morgan fingerprint density at radius 1 is 1.38 bits per heavy atom. The second-order valence-electron chi connectivity index (χ2n) is 6.25. The van der Waals surface area contributed by atoms with Gasteiger partial charge in [-0.2, -0.15) is 5.26 Å². The van der Waals surface area contributed by atoms with Crippen molar-refractivity contribution in [3.8, 4) is 6.07 Å². The van der Waals surface area contributed by atoms with Crippen LogP contribution in [-0.4, -0.2) is 30.5 Å². The van der Waals surface area contributed by atoms with Gasteiger partial charge in [0.15, 0.2) is 0 Å². The summed E-state index contributed by atoms with van der Waals surface area (Å²) in [5, 5.41) is 12.6. The van der Waals surface area contributed by atoms with Crippen molar-refractivity contribution in [2.24, 2.45) is 5.92 Å². The Labute approximate surface area is 166 Å². The van der Waals surface area contributed by atoms with Gasteiger partial charge in [0, 0.05) is 30.3 Å². The third-order valence-electron chi connectivity index (χ3n) is 4.55. The molecule has 1 amide bonds. The molecule has 0 aliphatic carbocycles. The van der Waals surface area contributed by atoms with Gasteiger partial charge in [-0.3, -0.25) is 4.79 Å². The number of hydrogen-bond donors (Lipinski definition) is 1. The molecule has 7 heteroatoms. The molecule has 0 unspecified atom stereocenters. The number of benzene rings is 1. The largest absolute Gasteiger partial charge is 0.356 e. The average Bonchev–Trinajstić information content (AvgIpc) is 2.68. The van der Waals surface area contributed by atoms with Gasteiger partial charge in [0.25, 0.3) is 5.91 Å². The molecule has 2 heterocycles. The molecule has 1 aliphatic heterocycles. The van der Waals surface area contributed by atoms with Crippen molar-refractivity contribution in [3.05, 3.63) is 57.2 Å². The van der Waals surface area contributed by atoms with Crippen molar-refractivity contribution in [1.82, 2.24) is 10.3 Å². The van der Waals surface area contributed by atoms with Crippen molar-refractivity contribution in [1.29, 1.82) is 5.26 Å². The first-order valence-corrected chi connectivity index (χ1v) is 9.59. The standard InChI is InChI=1S/C19H18BrClN4O/c20-15-3-4-17(21)16(10-15)19(26)24-12-13-5-8-25(9-6-13)18-14(11-22)2-1-7-23-18/h1-4,7,10,13H,5-6,8-9,12H2,(H,24,26). The van der Waals surface area contributed by atoms with Crippen molar-refractivity contribution in [2.45, 2.75) is 12.8 Å². The van der Waals surface area contributed by atoms with Crippen molar-refractivity contribution in [3.63, 3.8) is 0 Å². The summed E-state index contributed by atoms with van der Waals surface area (Å²) in [6, 6.07) is 11.0. The minimum absolute atomic E-state index is 0.157. The first kappa shape index (κ1) is 18.7. The molecule has 0 spiro atoms. The van der Waals surface area contributed by atoms with Crippen molar-refractivity contribution >= 4 is 39.3 Å². The van der Waals surface area contributed by atoms with Crippen LogP contribution in [0.2, 0.25) is 5.02 Å². The summed E-state index contributed by atoms with van der Waals surface area (Å²) in [4.78, 5) is 18.8. The minimum atomic E-state index is -0.157. The number of anilines is 1. The summed E-state index contributed by atoms with van der Waals surface area (Å²) >= 11 is 9.47. The highest BCUT2D eigenvalue weighted by molar-refractivity contribution is 9.10. The van der Waals surface area contributed by atoms with Gasteiger partial charge < -0.3 is 10.2 Å². The number of nitrogens with one attached hydrogen (secondary N) is 1. The lowest BCUT2D eigenvalue weighted by Gasteiger charge is -2.33. The zero-order chi connectivity index (χ0) is 18.5. The van der Waals surface area contributed by atoms with Crippen LogP contribution in [-0.2, 0) is 0 Å². The number of carbonyl (C=O) groups is 1. The summed E-state index contributed by atoms with van der Waals surface area (Å²) in [5.41, 5.74) is 1.08. The van der Waals surface area contributed by atoms with Crippen LogP contribution in [0.1, 0.15) is 28.8 Å². The maximum absolute atomic E-state index is 12.4. The number of carbonyl (C=O) groups excluding carboxylic acids is 1. The van der Waals surface area contributed by atoms with E-state index >= 15 is 0 Å². The zero-order valence-corrected chi connectivity index (χ0v) is 16.4. The molecule has 2 aromatic rings. The highest BCUT2D eigenvalue weighted by atomic mass is 79.9. The van der Waals surface area contributed by atoms with E-state index in [1.165, 1.54) is 0 Å². The van der Waals surface area contributed by atoms with Gasteiger partial charge >= 0.3 is 0 Å². The predicted molar refractivity (Wildman–Crippen MR) is 105 cm³/mol. The lowest BCUT2D eigenvalue weighted by molar-refractivity contribution is 0.0945. The normalized spacial score (nSPS) is 14.7. The topological polar surface area (TPSA) is 69.0 Å². The number of amides is 1. The molecule has 3 rings (SSSR count). The Morgan fingerprint density at radius 2 is 2.15 bits per heavy atom. The van der Waals surface area contributed by atoms with Gasteiger partial charge in [0.05, 0.1) is 16.1 Å². The second kappa shape index (κ2) is 8.52. The predicted octanol–water partition coefficient (Wildman–Crippen LogP) is 4.02. The molecule has 1 aromatic carbocycles. The van der Waals surface area contributed by atoms with Gasteiger partial charge in [-0.05, 0) is 49.1 Å². The van der Waals surface area contributed by atoms with E-state index < -0.39 is 0 Å². The Kier molecular flexibility index (Phi) is 6.12. The van der Waals surface area contributed by atoms with Crippen molar-refractivity contribution in [2.75, 3.05) is 24.5 Å². The molecule has 0 atom stereocenters. The number of rotatable bonds is 4. The van der Waals surface area contributed by atoms with Gasteiger partial charge in [-0.15, -0.1) is 0 Å². The van der Waals surface area contributed by atoms with Gasteiger partial charge in [-0.25, -0.2) is 4.98 Å². The van der Waals surface area contributed by atoms with Gasteiger partial charge in [0.2, 0.25) is 0 Å². The van der Waals surface area contributed by atoms with Gasteiger partial charge in [-0.1, -0.05) is 27.5 Å². The number of nitrogens with zero attached hydrogens (tertiary/aromatic N) is 3. The fraction of sp³-hybridized carbons (Fsp3) is 0.316. The second-order valence-corrected chi connectivity index (χ2v) is 7.57. The molecule has 0 radical (unpaired) electrons. The highest BCUT2D eigenvalue weighted by Gasteiger charge is 2.22. The van der Waals surface area contributed by atoms with Crippen LogP contribution in [0, 0.1) is 17.2 Å². The number of nitriles is 1. The number of pyridine rings is 1. The average molecular weight is 434 g/mol. The third kappa shape index (κ3) is 4.35. The monoisotopic (exact) mass is 432 g/mol. The quantitative estimate of drug-likeness (QED) is 0.791. The lowest BCUT2D eigenvalue weighted by atomic mass is 9.96. The van der Waals surface area contributed by atoms with Crippen LogP contribution in [0.15, 0.2) is 41.0 Å². The van der Waals surface area contributed by atoms with E-state index in [1.807, 2.05) is 6.07 Å². The smallest absolute Gasteiger partial charge is 0.252 e. The molecule has 1 N–H and O–H groups in total. The summed E-state index contributed by atoms with van der Waals surface area (Å²) in [6.45, 7) is 2.26. The fourth-order valence-electron chi connectivity index (χ4n) is 3.09. The Hall–Kier alpha value is -2.10. The molecular weight excluding hydrogens is 416 g/mol. The molecule has 0 saturated carbocycles. The zero-order valence-electron chi connectivity index (χ0n) is 14.1. The molecule has 134 valence electrons. The maximum Gasteiger partial charge on any atom is 0.252 e. The first-order valence-electron chi connectivity index (χ1n) is 8.42. The molecule has 1 aromatic heterocycles. The highest BCUT2D eigenvalue weighted by Crippen LogP contribution is 2.24. The molecule has 1 fully saturated rings. The number of aromatic nitrogens is 1. The summed E-state index contributed by atoms with van der Waals surface area (Å²) in [7, 11) is 0. The lowest BCUT2D eigenvalue weighted by Crippen LogP contribution is -2.39. The van der Waals surface area contributed by atoms with Gasteiger partial charge in [0.1, 0.15) is 11.9 Å². The van der Waals surface area contributed by atoms with E-state index in [9.17, 15) is 10.1 Å². The summed E-state index contributed by atoms with van der Waals surface area (Å²) in [6.07, 6.45) is 3.59. The minimum Gasteiger partial charge on any atom is -0.356 e. The van der Waals surface area contributed by atoms with E-state index in [0.717, 1.165) is 36.2 Å². The fourth-order valence-corrected chi connectivity index (χ4v) is 3.65. The first-order chi connectivity index (χ1) is 12.6. The molecule has 5 nitrogen and oxygen atoms in total. The van der Waals surface area contributed by atoms with E-state index in [1.54, 1.807) is 30.5 Å². The third-order valence-corrected chi connectivity index (χ3v) is 5.37. The van der Waals surface area contributed by atoms with Crippen LogP contribution in [0.3, 0.4) is 0 Å². The van der Waals surface area contributed by atoms with Crippen LogP contribution < -0.4 is 10.2 Å². The van der Waals surface area contributed by atoms with E-state index in [0.29, 0.717) is 28.6 Å². The number of piperidine rings is 1. The summed E-state index contributed by atoms with van der Waals surface area (Å²) < 4.78 is 0.823. The summed E-state index contributed by atoms with van der Waals surface area (Å²) in [5.74, 6) is 0.990. The molecule has 1 aliphatic rings. The van der Waals surface area contributed by atoms with Crippen LogP contribution in [0.4, 0.5) is 5.82 Å². The maximum atomic E-state index is 12.4. The Balaban J connectivity index is 1.54. The molecular formula is C19H18BrClN4O. The molecule has 26 heavy (non-hydrogen) atoms. The van der Waals surface area contributed by atoms with Crippen molar-refractivity contribution < 1.29 is 4.79 Å². The van der Waals surface area contributed by atoms with E-state index in [4.69, 9.17) is 11.6 Å².